The zero-order valence-electron chi connectivity index (χ0n) is 13.9. The average Bonchev–Trinajstić information content (AvgIpc) is 2.57. The Balaban J connectivity index is 1.72. The molecule has 0 N–H and O–H groups in total. The van der Waals surface area contributed by atoms with Gasteiger partial charge in [0.15, 0.2) is 0 Å². The Morgan fingerprint density at radius 3 is 2.54 bits per heavy atom. The summed E-state index contributed by atoms with van der Waals surface area (Å²) in [6.45, 7) is 0.964. The van der Waals surface area contributed by atoms with Gasteiger partial charge in [-0.3, -0.25) is 4.79 Å². The summed E-state index contributed by atoms with van der Waals surface area (Å²) in [5, 5.41) is 0. The van der Waals surface area contributed by atoms with Crippen molar-refractivity contribution in [1.82, 2.24) is 9.80 Å². The number of hydrogen-bond acceptors (Lipinski definition) is 5. The van der Waals surface area contributed by atoms with Crippen LogP contribution in [-0.4, -0.2) is 61.1 Å². The predicted molar refractivity (Wildman–Crippen MR) is 86.0 cm³/mol. The van der Waals surface area contributed by atoms with Crippen molar-refractivity contribution in [3.8, 4) is 0 Å². The predicted octanol–water partition coefficient (Wildman–Crippen LogP) is 1.42. The summed E-state index contributed by atoms with van der Waals surface area (Å²) in [7, 11) is 2.88. The standard InChI is InChI=1S/C17H22N2O5/c1-18(17(22)24-12-13-6-4-3-5-7-13)10-9-15(20)19-11-8-14(19)16(21)23-2/h3-7,14H,8-12H2,1-2H3. The number of methoxy groups -OCH3 is 1. The molecule has 0 saturated carbocycles. The van der Waals surface area contributed by atoms with E-state index in [4.69, 9.17) is 4.74 Å². The van der Waals surface area contributed by atoms with Crippen LogP contribution in [0.2, 0.25) is 0 Å². The topological polar surface area (TPSA) is 76.2 Å². The van der Waals surface area contributed by atoms with Crippen molar-refractivity contribution in [3.05, 3.63) is 35.9 Å². The molecule has 130 valence electrons. The van der Waals surface area contributed by atoms with E-state index in [-0.39, 0.29) is 25.5 Å². The van der Waals surface area contributed by atoms with Crippen LogP contribution in [0.25, 0.3) is 0 Å². The second-order valence-corrected chi connectivity index (χ2v) is 5.63. The van der Waals surface area contributed by atoms with E-state index in [1.54, 1.807) is 7.05 Å². The largest absolute Gasteiger partial charge is 0.467 e. The number of benzene rings is 1. The molecule has 1 unspecified atom stereocenters. The van der Waals surface area contributed by atoms with Crippen molar-refractivity contribution in [2.45, 2.75) is 25.5 Å². The highest BCUT2D eigenvalue weighted by Gasteiger charge is 2.38. The van der Waals surface area contributed by atoms with Crippen molar-refractivity contribution in [3.63, 3.8) is 0 Å². The first-order valence-electron chi connectivity index (χ1n) is 7.82. The molecule has 1 aromatic carbocycles. The average molecular weight is 334 g/mol. The number of esters is 1. The van der Waals surface area contributed by atoms with Crippen molar-refractivity contribution in [2.75, 3.05) is 27.2 Å². The van der Waals surface area contributed by atoms with E-state index < -0.39 is 18.1 Å². The van der Waals surface area contributed by atoms with E-state index in [1.165, 1.54) is 16.9 Å². The molecule has 0 aromatic heterocycles. The summed E-state index contributed by atoms with van der Waals surface area (Å²) < 4.78 is 9.84. The molecule has 7 nitrogen and oxygen atoms in total. The van der Waals surface area contributed by atoms with E-state index in [1.807, 2.05) is 30.3 Å². The van der Waals surface area contributed by atoms with Crippen LogP contribution in [-0.2, 0) is 25.7 Å². The van der Waals surface area contributed by atoms with Crippen LogP contribution in [0.15, 0.2) is 30.3 Å². The normalized spacial score (nSPS) is 16.1. The molecule has 1 saturated heterocycles. The first-order valence-corrected chi connectivity index (χ1v) is 7.82. The summed E-state index contributed by atoms with van der Waals surface area (Å²) >= 11 is 0. The Kier molecular flexibility index (Phi) is 6.17. The molecule has 1 atom stereocenters. The maximum atomic E-state index is 12.1. The number of hydrogen-bond donors (Lipinski definition) is 0. The summed E-state index contributed by atoms with van der Waals surface area (Å²) in [4.78, 5) is 38.3. The Labute approximate surface area is 141 Å². The van der Waals surface area contributed by atoms with E-state index in [2.05, 4.69) is 4.74 Å². The molecule has 2 rings (SSSR count). The zero-order valence-corrected chi connectivity index (χ0v) is 13.9. The molecule has 1 aromatic rings. The lowest BCUT2D eigenvalue weighted by atomic mass is 10.0. The highest BCUT2D eigenvalue weighted by Crippen LogP contribution is 2.19. The van der Waals surface area contributed by atoms with Gasteiger partial charge in [-0.1, -0.05) is 30.3 Å². The third-order valence-electron chi connectivity index (χ3n) is 3.99. The molecule has 0 radical (unpaired) electrons. The van der Waals surface area contributed by atoms with E-state index >= 15 is 0 Å². The molecular weight excluding hydrogens is 312 g/mol. The molecule has 0 spiro atoms. The Morgan fingerprint density at radius 1 is 1.25 bits per heavy atom. The fraction of sp³-hybridized carbons (Fsp3) is 0.471. The van der Waals surface area contributed by atoms with Gasteiger partial charge in [0.1, 0.15) is 12.6 Å². The zero-order chi connectivity index (χ0) is 17.5. The van der Waals surface area contributed by atoms with Gasteiger partial charge >= 0.3 is 12.1 Å². The molecule has 1 aliphatic heterocycles. The second-order valence-electron chi connectivity index (χ2n) is 5.63. The van der Waals surface area contributed by atoms with Crippen LogP contribution in [0.5, 0.6) is 0 Å². The van der Waals surface area contributed by atoms with Crippen molar-refractivity contribution in [1.29, 1.82) is 0 Å². The number of amides is 2. The molecule has 24 heavy (non-hydrogen) atoms. The van der Waals surface area contributed by atoms with Crippen molar-refractivity contribution in [2.24, 2.45) is 0 Å². The molecule has 1 aliphatic rings. The lowest BCUT2D eigenvalue weighted by Gasteiger charge is -2.39. The van der Waals surface area contributed by atoms with Gasteiger partial charge in [-0.15, -0.1) is 0 Å². The minimum absolute atomic E-state index is 0.143. The van der Waals surface area contributed by atoms with Crippen LogP contribution in [0.4, 0.5) is 4.79 Å². The van der Waals surface area contributed by atoms with Gasteiger partial charge in [0.25, 0.3) is 0 Å². The molecule has 1 heterocycles. The summed E-state index contributed by atoms with van der Waals surface area (Å²) in [5.74, 6) is -0.565. The maximum absolute atomic E-state index is 12.1. The fourth-order valence-corrected chi connectivity index (χ4v) is 2.39. The number of nitrogens with zero attached hydrogens (tertiary/aromatic N) is 2. The lowest BCUT2D eigenvalue weighted by Crippen LogP contribution is -2.55. The third-order valence-corrected chi connectivity index (χ3v) is 3.99. The molecule has 7 heteroatoms. The number of ether oxygens (including phenoxy) is 2. The van der Waals surface area contributed by atoms with Gasteiger partial charge in [-0.05, 0) is 12.0 Å². The minimum Gasteiger partial charge on any atom is -0.467 e. The Hall–Kier alpha value is -2.57. The van der Waals surface area contributed by atoms with Crippen molar-refractivity contribution < 1.29 is 23.9 Å². The van der Waals surface area contributed by atoms with Crippen LogP contribution in [0, 0.1) is 0 Å². The first-order chi connectivity index (χ1) is 11.5. The highest BCUT2D eigenvalue weighted by atomic mass is 16.6. The molecule has 2 amide bonds. The van der Waals surface area contributed by atoms with Gasteiger partial charge in [-0.25, -0.2) is 9.59 Å². The third kappa shape index (κ3) is 4.47. The Bertz CT molecular complexity index is 590. The molecule has 1 fully saturated rings. The fourth-order valence-electron chi connectivity index (χ4n) is 2.39. The second kappa shape index (κ2) is 8.33. The summed E-state index contributed by atoms with van der Waals surface area (Å²) in [5.41, 5.74) is 0.900. The van der Waals surface area contributed by atoms with Gasteiger partial charge in [0.2, 0.25) is 5.91 Å². The SMILES string of the molecule is COC(=O)C1CCN1C(=O)CCN(C)C(=O)OCc1ccccc1. The molecular formula is C17H22N2O5. The smallest absolute Gasteiger partial charge is 0.409 e. The van der Waals surface area contributed by atoms with Crippen LogP contribution >= 0.6 is 0 Å². The number of rotatable bonds is 6. The summed E-state index contributed by atoms with van der Waals surface area (Å²) in [6.07, 6.45) is 0.275. The monoisotopic (exact) mass is 334 g/mol. The Morgan fingerprint density at radius 2 is 1.96 bits per heavy atom. The first kappa shape index (κ1) is 17.8. The van der Waals surface area contributed by atoms with E-state index in [9.17, 15) is 14.4 Å². The molecule has 0 aliphatic carbocycles. The van der Waals surface area contributed by atoms with E-state index in [0.29, 0.717) is 13.0 Å². The summed E-state index contributed by atoms with van der Waals surface area (Å²) in [6, 6.07) is 8.88. The van der Waals surface area contributed by atoms with Gasteiger partial charge in [0, 0.05) is 26.6 Å². The quantitative estimate of drug-likeness (QED) is 0.736. The van der Waals surface area contributed by atoms with E-state index in [0.717, 1.165) is 5.56 Å². The minimum atomic E-state index is -0.488. The maximum Gasteiger partial charge on any atom is 0.409 e. The molecule has 0 bridgehead atoms. The number of likely N-dealkylation sites (tertiary alicyclic amines) is 1. The number of carbonyl (C=O) groups excluding carboxylic acids is 3. The van der Waals surface area contributed by atoms with Gasteiger partial charge in [-0.2, -0.15) is 0 Å². The van der Waals surface area contributed by atoms with Crippen LogP contribution in [0.3, 0.4) is 0 Å². The van der Waals surface area contributed by atoms with Gasteiger partial charge < -0.3 is 19.3 Å². The van der Waals surface area contributed by atoms with Gasteiger partial charge in [0.05, 0.1) is 7.11 Å². The lowest BCUT2D eigenvalue weighted by molar-refractivity contribution is -0.159. The van der Waals surface area contributed by atoms with Crippen LogP contribution in [0.1, 0.15) is 18.4 Å². The van der Waals surface area contributed by atoms with Crippen LogP contribution < -0.4 is 0 Å². The van der Waals surface area contributed by atoms with Crippen molar-refractivity contribution >= 4 is 18.0 Å². The highest BCUT2D eigenvalue weighted by molar-refractivity contribution is 5.86. The number of carbonyl (C=O) groups is 3.